The highest BCUT2D eigenvalue weighted by atomic mass is 19.1. The number of benzene rings is 2. The second-order valence-electron chi connectivity index (χ2n) is 9.06. The topological polar surface area (TPSA) is 48.7 Å². The molecule has 1 atom stereocenters. The van der Waals surface area contributed by atoms with Crippen LogP contribution in [-0.4, -0.2) is 62.8 Å². The summed E-state index contributed by atoms with van der Waals surface area (Å²) in [5.41, 5.74) is 0.595. The maximum Gasteiger partial charge on any atom is 0.123 e. The van der Waals surface area contributed by atoms with Crippen LogP contribution in [0.4, 0.5) is 4.39 Å². The Bertz CT molecular complexity index is 887. The molecule has 33 heavy (non-hydrogen) atoms. The minimum absolute atomic E-state index is 0.230. The van der Waals surface area contributed by atoms with Crippen LogP contribution in [0.1, 0.15) is 32.3 Å². The Labute approximate surface area is 197 Å². The van der Waals surface area contributed by atoms with Crippen molar-refractivity contribution in [2.45, 2.75) is 32.1 Å². The van der Waals surface area contributed by atoms with Crippen LogP contribution in [-0.2, 0) is 5.41 Å². The van der Waals surface area contributed by atoms with Gasteiger partial charge in [-0.1, -0.05) is 26.0 Å². The number of methoxy groups -OCH3 is 1. The van der Waals surface area contributed by atoms with Crippen molar-refractivity contribution in [3.05, 3.63) is 59.9 Å². The molecule has 0 saturated carbocycles. The Kier molecular flexibility index (Phi) is 9.11. The minimum Gasteiger partial charge on any atom is -0.497 e. The van der Waals surface area contributed by atoms with Crippen LogP contribution < -0.4 is 9.47 Å². The van der Waals surface area contributed by atoms with Crippen molar-refractivity contribution in [3.63, 3.8) is 0 Å². The number of hydrogen-bond acceptors (Lipinski definition) is 5. The number of rotatable bonds is 11. The third-order valence-electron chi connectivity index (χ3n) is 6.79. The first-order valence-electron chi connectivity index (χ1n) is 11.9. The molecule has 2 aromatic carbocycles. The molecule has 1 heterocycles. The van der Waals surface area contributed by atoms with Gasteiger partial charge in [-0.25, -0.2) is 4.39 Å². The number of hydrogen-bond donors (Lipinski definition) is 0. The molecule has 0 aliphatic carbocycles. The van der Waals surface area contributed by atoms with Gasteiger partial charge in [0.05, 0.1) is 18.6 Å². The van der Waals surface area contributed by atoms with E-state index in [1.165, 1.54) is 12.1 Å². The highest BCUT2D eigenvalue weighted by Gasteiger charge is 2.35. The van der Waals surface area contributed by atoms with Crippen molar-refractivity contribution in [3.8, 4) is 17.6 Å². The third-order valence-corrected chi connectivity index (χ3v) is 6.79. The van der Waals surface area contributed by atoms with Crippen molar-refractivity contribution in [1.29, 1.82) is 5.26 Å². The molecule has 1 aliphatic rings. The lowest BCUT2D eigenvalue weighted by molar-refractivity contribution is 0.114. The summed E-state index contributed by atoms with van der Waals surface area (Å²) in [7, 11) is 1.66. The van der Waals surface area contributed by atoms with Gasteiger partial charge in [-0.15, -0.1) is 0 Å². The van der Waals surface area contributed by atoms with Gasteiger partial charge in [-0.2, -0.15) is 5.26 Å². The predicted octanol–water partition coefficient (Wildman–Crippen LogP) is 4.73. The van der Waals surface area contributed by atoms with Crippen LogP contribution in [0.5, 0.6) is 11.5 Å². The molecule has 1 fully saturated rings. The first-order valence-corrected chi connectivity index (χ1v) is 11.9. The average molecular weight is 454 g/mol. The standard InChI is InChI=1S/C27H36FN3O2/c1-22(2)27(21-29,23-5-9-25(32-3)10-6-23)13-4-14-30-15-17-31(18-16-30)19-20-33-26-11-7-24(28)8-12-26/h5-12,22H,4,13-20H2,1-3H3. The van der Waals surface area contributed by atoms with E-state index in [0.717, 1.165) is 63.4 Å². The summed E-state index contributed by atoms with van der Waals surface area (Å²) in [5, 5.41) is 10.1. The molecule has 0 spiro atoms. The largest absolute Gasteiger partial charge is 0.497 e. The Morgan fingerprint density at radius 3 is 2.06 bits per heavy atom. The number of nitriles is 1. The molecule has 178 valence electrons. The van der Waals surface area contributed by atoms with E-state index in [4.69, 9.17) is 9.47 Å². The Morgan fingerprint density at radius 2 is 1.52 bits per heavy atom. The monoisotopic (exact) mass is 453 g/mol. The number of piperazine rings is 1. The van der Waals surface area contributed by atoms with Crippen molar-refractivity contribution in [2.75, 3.05) is 53.0 Å². The molecule has 0 N–H and O–H groups in total. The van der Waals surface area contributed by atoms with Gasteiger partial charge in [0, 0.05) is 32.7 Å². The van der Waals surface area contributed by atoms with Gasteiger partial charge in [-0.3, -0.25) is 4.90 Å². The van der Waals surface area contributed by atoms with Gasteiger partial charge < -0.3 is 14.4 Å². The Hall–Kier alpha value is -2.62. The number of halogens is 1. The summed E-state index contributed by atoms with van der Waals surface area (Å²) in [6.07, 6.45) is 1.84. The summed E-state index contributed by atoms with van der Waals surface area (Å²) in [6.45, 7) is 10.8. The highest BCUT2D eigenvalue weighted by molar-refractivity contribution is 5.37. The van der Waals surface area contributed by atoms with Crippen LogP contribution >= 0.6 is 0 Å². The van der Waals surface area contributed by atoms with E-state index >= 15 is 0 Å². The van der Waals surface area contributed by atoms with Crippen LogP contribution in [0.2, 0.25) is 0 Å². The van der Waals surface area contributed by atoms with Gasteiger partial charge in [0.15, 0.2) is 0 Å². The van der Waals surface area contributed by atoms with Crippen molar-refractivity contribution in [2.24, 2.45) is 5.92 Å². The zero-order valence-electron chi connectivity index (χ0n) is 20.1. The van der Waals surface area contributed by atoms with Gasteiger partial charge in [0.2, 0.25) is 0 Å². The van der Waals surface area contributed by atoms with E-state index in [1.807, 2.05) is 24.3 Å². The van der Waals surface area contributed by atoms with E-state index < -0.39 is 5.41 Å². The summed E-state index contributed by atoms with van der Waals surface area (Å²) >= 11 is 0. The average Bonchev–Trinajstić information content (AvgIpc) is 2.84. The van der Waals surface area contributed by atoms with E-state index in [1.54, 1.807) is 19.2 Å². The lowest BCUT2D eigenvalue weighted by atomic mass is 9.70. The highest BCUT2D eigenvalue weighted by Crippen LogP contribution is 2.37. The fourth-order valence-electron chi connectivity index (χ4n) is 4.55. The molecule has 2 aromatic rings. The van der Waals surface area contributed by atoms with Crippen LogP contribution in [0.3, 0.4) is 0 Å². The predicted molar refractivity (Wildman–Crippen MR) is 129 cm³/mol. The number of ether oxygens (including phenoxy) is 2. The summed E-state index contributed by atoms with van der Waals surface area (Å²) in [5.74, 6) is 1.50. The molecule has 0 radical (unpaired) electrons. The molecule has 1 saturated heterocycles. The van der Waals surface area contributed by atoms with E-state index in [0.29, 0.717) is 12.4 Å². The fraction of sp³-hybridized carbons (Fsp3) is 0.519. The molecule has 0 aromatic heterocycles. The van der Waals surface area contributed by atoms with E-state index in [2.05, 4.69) is 29.7 Å². The fourth-order valence-corrected chi connectivity index (χ4v) is 4.55. The van der Waals surface area contributed by atoms with Crippen molar-refractivity contribution in [1.82, 2.24) is 9.80 Å². The molecule has 1 aliphatic heterocycles. The normalized spacial score (nSPS) is 16.8. The van der Waals surface area contributed by atoms with E-state index in [9.17, 15) is 9.65 Å². The summed E-state index contributed by atoms with van der Waals surface area (Å²) < 4.78 is 24.0. The van der Waals surface area contributed by atoms with Crippen molar-refractivity contribution >= 4 is 0 Å². The first-order chi connectivity index (χ1) is 16.0. The Balaban J connectivity index is 1.42. The van der Waals surface area contributed by atoms with Gasteiger partial charge >= 0.3 is 0 Å². The lowest BCUT2D eigenvalue weighted by Gasteiger charge is -2.36. The molecule has 5 nitrogen and oxygen atoms in total. The maximum absolute atomic E-state index is 13.0. The summed E-state index contributed by atoms with van der Waals surface area (Å²) in [6, 6.07) is 16.8. The molecule has 0 amide bonds. The van der Waals surface area contributed by atoms with E-state index in [-0.39, 0.29) is 11.7 Å². The summed E-state index contributed by atoms with van der Waals surface area (Å²) in [4.78, 5) is 4.90. The third kappa shape index (κ3) is 6.69. The maximum atomic E-state index is 13.0. The van der Waals surface area contributed by atoms with Crippen LogP contribution in [0, 0.1) is 23.1 Å². The quantitative estimate of drug-likeness (QED) is 0.492. The van der Waals surface area contributed by atoms with Crippen molar-refractivity contribution < 1.29 is 13.9 Å². The number of nitrogens with zero attached hydrogens (tertiary/aromatic N) is 3. The zero-order valence-corrected chi connectivity index (χ0v) is 20.1. The van der Waals surface area contributed by atoms with Gasteiger partial charge in [0.25, 0.3) is 0 Å². The SMILES string of the molecule is COc1ccc(C(C#N)(CCCN2CCN(CCOc3ccc(F)cc3)CC2)C(C)C)cc1. The van der Waals surface area contributed by atoms with Gasteiger partial charge in [0.1, 0.15) is 23.9 Å². The molecule has 3 rings (SSSR count). The van der Waals surface area contributed by atoms with Crippen LogP contribution in [0.25, 0.3) is 0 Å². The smallest absolute Gasteiger partial charge is 0.123 e. The van der Waals surface area contributed by atoms with Gasteiger partial charge in [-0.05, 0) is 67.3 Å². The molecule has 0 bridgehead atoms. The second-order valence-corrected chi connectivity index (χ2v) is 9.06. The first kappa shape index (κ1) is 25.0. The molecule has 6 heteroatoms. The molecule has 1 unspecified atom stereocenters. The molecular formula is C27H36FN3O2. The molecular weight excluding hydrogens is 417 g/mol. The lowest BCUT2D eigenvalue weighted by Crippen LogP contribution is -2.47. The minimum atomic E-state index is -0.480. The zero-order chi connectivity index (χ0) is 23.7. The second kappa shape index (κ2) is 12.0. The van der Waals surface area contributed by atoms with Crippen LogP contribution in [0.15, 0.2) is 48.5 Å². The Morgan fingerprint density at radius 1 is 0.939 bits per heavy atom.